The smallest absolute Gasteiger partial charge is 0.258 e. The molecule has 1 aromatic heterocycles. The molecule has 0 bridgehead atoms. The number of amides is 3. The minimum atomic E-state index is -0.794. The number of carbonyl (C=O) groups is 3. The largest absolute Gasteiger partial charge is 0.344 e. The third-order valence-electron chi connectivity index (χ3n) is 7.99. The molecule has 0 aliphatic rings. The predicted molar refractivity (Wildman–Crippen MR) is 191 cm³/mol. The van der Waals surface area contributed by atoms with E-state index in [-0.39, 0.29) is 23.1 Å². The van der Waals surface area contributed by atoms with Gasteiger partial charge in [-0.2, -0.15) is 0 Å². The molecule has 2 N–H and O–H groups in total. The molecule has 3 amide bonds. The summed E-state index contributed by atoms with van der Waals surface area (Å²) in [6.45, 7) is 9.14. The lowest BCUT2D eigenvalue weighted by Gasteiger charge is -2.24. The number of nitrogens with zero attached hydrogens (tertiary/aromatic N) is 2. The molecule has 5 rings (SSSR count). The zero-order valence-corrected chi connectivity index (χ0v) is 28.2. The number of nitrogens with one attached hydrogen (secondary N) is 2. The first kappa shape index (κ1) is 33.3. The molecule has 8 heteroatoms. The van der Waals surface area contributed by atoms with Gasteiger partial charge < -0.3 is 10.2 Å². The van der Waals surface area contributed by atoms with Gasteiger partial charge in [0.2, 0.25) is 5.91 Å². The quantitative estimate of drug-likeness (QED) is 0.160. The van der Waals surface area contributed by atoms with Gasteiger partial charge in [0.05, 0.1) is 5.69 Å². The van der Waals surface area contributed by atoms with Gasteiger partial charge in [-0.15, -0.1) is 11.3 Å². The van der Waals surface area contributed by atoms with Crippen LogP contribution < -0.4 is 10.6 Å². The Morgan fingerprint density at radius 3 is 2.11 bits per heavy atom. The molecule has 240 valence electrons. The van der Waals surface area contributed by atoms with Crippen molar-refractivity contribution < 1.29 is 14.4 Å². The number of benzene rings is 4. The van der Waals surface area contributed by atoms with E-state index in [2.05, 4.69) is 60.7 Å². The van der Waals surface area contributed by atoms with Crippen molar-refractivity contribution in [3.05, 3.63) is 131 Å². The Hall–Kier alpha value is -5.08. The van der Waals surface area contributed by atoms with Gasteiger partial charge >= 0.3 is 0 Å². The lowest BCUT2D eigenvalue weighted by Crippen LogP contribution is -2.41. The van der Waals surface area contributed by atoms with Crippen molar-refractivity contribution in [1.29, 1.82) is 0 Å². The van der Waals surface area contributed by atoms with Crippen molar-refractivity contribution in [3.8, 4) is 22.4 Å². The number of aromatic nitrogens is 1. The Labute approximate surface area is 280 Å². The van der Waals surface area contributed by atoms with Crippen molar-refractivity contribution in [3.63, 3.8) is 0 Å². The number of rotatable bonds is 10. The van der Waals surface area contributed by atoms with E-state index in [9.17, 15) is 14.4 Å². The molecule has 7 nitrogen and oxygen atoms in total. The lowest BCUT2D eigenvalue weighted by molar-refractivity contribution is -0.132. The van der Waals surface area contributed by atoms with E-state index >= 15 is 0 Å². The zero-order chi connectivity index (χ0) is 33.6. The van der Waals surface area contributed by atoms with Crippen LogP contribution in [0, 0.1) is 0 Å². The van der Waals surface area contributed by atoms with Gasteiger partial charge in [-0.1, -0.05) is 113 Å². The van der Waals surface area contributed by atoms with E-state index in [4.69, 9.17) is 0 Å². The van der Waals surface area contributed by atoms with Crippen molar-refractivity contribution >= 4 is 34.2 Å². The summed E-state index contributed by atoms with van der Waals surface area (Å²) in [7, 11) is 1.75. The molecule has 0 aliphatic carbocycles. The van der Waals surface area contributed by atoms with E-state index in [1.165, 1.54) is 16.9 Å². The maximum atomic E-state index is 13.4. The fourth-order valence-corrected chi connectivity index (χ4v) is 6.03. The van der Waals surface area contributed by atoms with Crippen LogP contribution in [0.4, 0.5) is 5.13 Å². The number of carbonyl (C=O) groups excluding carboxylic acids is 3. The summed E-state index contributed by atoms with van der Waals surface area (Å²) in [5, 5.41) is 8.23. The van der Waals surface area contributed by atoms with Gasteiger partial charge in [0, 0.05) is 35.7 Å². The molecule has 0 saturated carbocycles. The number of thiazole rings is 1. The van der Waals surface area contributed by atoms with Gasteiger partial charge in [-0.3, -0.25) is 19.7 Å². The number of anilines is 1. The number of hydrogen-bond acceptors (Lipinski definition) is 5. The van der Waals surface area contributed by atoms with Crippen LogP contribution in [0.5, 0.6) is 0 Å². The first-order valence-corrected chi connectivity index (χ1v) is 16.6. The summed E-state index contributed by atoms with van der Waals surface area (Å²) < 4.78 is 0. The lowest BCUT2D eigenvalue weighted by atomic mass is 9.86. The first-order valence-electron chi connectivity index (χ1n) is 15.7. The standard InChI is InChI=1S/C39H40N4O3S/c1-6-24-43(5)37(46)34(28-12-8-7-9-13-28)41-35(44)29-18-16-27(17-19-29)33-25-47-38(40-33)42-36(45)32-15-11-10-14-31(32)26-20-22-30(23-21-26)39(2,3)4/h7-23,25,34H,6,24H2,1-5H3,(H,41,44)(H,40,42,45)/t34-/m0/s1. The number of likely N-dealkylation sites (N-methyl/N-ethyl adjacent to an activating group) is 1. The van der Waals surface area contributed by atoms with Crippen LogP contribution >= 0.6 is 11.3 Å². The Bertz CT molecular complexity index is 1840. The highest BCUT2D eigenvalue weighted by Crippen LogP contribution is 2.30. The molecule has 0 aliphatic heterocycles. The van der Waals surface area contributed by atoms with Gasteiger partial charge in [0.25, 0.3) is 11.8 Å². The Balaban J connectivity index is 1.28. The summed E-state index contributed by atoms with van der Waals surface area (Å²) in [4.78, 5) is 46.2. The summed E-state index contributed by atoms with van der Waals surface area (Å²) in [6.07, 6.45) is 0.820. The van der Waals surface area contributed by atoms with Crippen molar-refractivity contribution in [2.75, 3.05) is 18.9 Å². The fourth-order valence-electron chi connectivity index (χ4n) is 5.32. The molecule has 0 radical (unpaired) electrons. The van der Waals surface area contributed by atoms with E-state index in [1.54, 1.807) is 24.1 Å². The van der Waals surface area contributed by atoms with Gasteiger partial charge in [-0.25, -0.2) is 4.98 Å². The maximum absolute atomic E-state index is 13.4. The van der Waals surface area contributed by atoms with Crippen molar-refractivity contribution in [1.82, 2.24) is 15.2 Å². The van der Waals surface area contributed by atoms with E-state index in [1.807, 2.05) is 79.0 Å². The maximum Gasteiger partial charge on any atom is 0.258 e. The third kappa shape index (κ3) is 8.02. The molecule has 0 fully saturated rings. The highest BCUT2D eigenvalue weighted by Gasteiger charge is 2.26. The summed E-state index contributed by atoms with van der Waals surface area (Å²) in [6, 6.07) is 31.4. The Morgan fingerprint density at radius 2 is 1.45 bits per heavy atom. The fraction of sp³-hybridized carbons (Fsp3) is 0.231. The van der Waals surface area contributed by atoms with E-state index in [0.717, 1.165) is 28.7 Å². The average Bonchev–Trinajstić information content (AvgIpc) is 3.55. The van der Waals surface area contributed by atoms with Crippen LogP contribution in [0.1, 0.15) is 72.0 Å². The van der Waals surface area contributed by atoms with E-state index in [0.29, 0.717) is 28.5 Å². The SMILES string of the molecule is CCCN(C)C(=O)[C@@H](NC(=O)c1ccc(-c2csc(NC(=O)c3ccccc3-c3ccc(C(C)(C)C)cc3)n2)cc1)c1ccccc1. The second-order valence-electron chi connectivity index (χ2n) is 12.5. The first-order chi connectivity index (χ1) is 22.5. The molecule has 0 saturated heterocycles. The molecule has 47 heavy (non-hydrogen) atoms. The molecular weight excluding hydrogens is 605 g/mol. The van der Waals surface area contributed by atoms with Crippen LogP contribution in [0.25, 0.3) is 22.4 Å². The molecule has 1 atom stereocenters. The van der Waals surface area contributed by atoms with Crippen LogP contribution in [-0.4, -0.2) is 41.2 Å². The van der Waals surface area contributed by atoms with Gasteiger partial charge in [0.1, 0.15) is 6.04 Å². The molecule has 0 unspecified atom stereocenters. The average molecular weight is 645 g/mol. The molecular formula is C39H40N4O3S. The molecule has 5 aromatic rings. The van der Waals surface area contributed by atoms with Crippen LogP contribution in [0.2, 0.25) is 0 Å². The van der Waals surface area contributed by atoms with Crippen molar-refractivity contribution in [2.24, 2.45) is 0 Å². The van der Waals surface area contributed by atoms with Crippen LogP contribution in [-0.2, 0) is 10.2 Å². The summed E-state index contributed by atoms with van der Waals surface area (Å²) in [5.41, 5.74) is 6.30. The minimum absolute atomic E-state index is 0.0434. The van der Waals surface area contributed by atoms with Crippen molar-refractivity contribution in [2.45, 2.75) is 45.6 Å². The predicted octanol–water partition coefficient (Wildman–Crippen LogP) is 8.37. The van der Waals surface area contributed by atoms with Gasteiger partial charge in [0.15, 0.2) is 5.13 Å². The highest BCUT2D eigenvalue weighted by atomic mass is 32.1. The Morgan fingerprint density at radius 1 is 0.809 bits per heavy atom. The van der Waals surface area contributed by atoms with E-state index < -0.39 is 6.04 Å². The number of hydrogen-bond donors (Lipinski definition) is 2. The molecule has 0 spiro atoms. The normalized spacial score (nSPS) is 11.9. The summed E-state index contributed by atoms with van der Waals surface area (Å²) >= 11 is 1.34. The molecule has 4 aromatic carbocycles. The topological polar surface area (TPSA) is 91.4 Å². The second kappa shape index (κ2) is 14.6. The minimum Gasteiger partial charge on any atom is -0.344 e. The molecule has 1 heterocycles. The Kier molecular flexibility index (Phi) is 10.3. The van der Waals surface area contributed by atoms with Gasteiger partial charge in [-0.05, 0) is 52.3 Å². The second-order valence-corrected chi connectivity index (χ2v) is 13.4. The monoisotopic (exact) mass is 644 g/mol. The zero-order valence-electron chi connectivity index (χ0n) is 27.4. The summed E-state index contributed by atoms with van der Waals surface area (Å²) in [5.74, 6) is -0.747. The van der Waals surface area contributed by atoms with Crippen LogP contribution in [0.3, 0.4) is 0 Å². The highest BCUT2D eigenvalue weighted by molar-refractivity contribution is 7.14. The van der Waals surface area contributed by atoms with Crippen LogP contribution in [0.15, 0.2) is 109 Å². The third-order valence-corrected chi connectivity index (χ3v) is 8.75.